The molecule has 0 heterocycles. The topological polar surface area (TPSA) is 20.3 Å². The van der Waals surface area contributed by atoms with E-state index in [-0.39, 0.29) is 13.0 Å². The Kier molecular flexibility index (Phi) is 6.44. The molecule has 0 spiro atoms. The van der Waals surface area contributed by atoms with E-state index in [9.17, 15) is 26.7 Å². The number of amides is 1. The van der Waals surface area contributed by atoms with E-state index in [1.165, 1.54) is 25.6 Å². The van der Waals surface area contributed by atoms with Crippen LogP contribution in [0.2, 0.25) is 0 Å². The molecule has 0 saturated heterocycles. The van der Waals surface area contributed by atoms with Gasteiger partial charge in [-0.1, -0.05) is 12.1 Å². The zero-order chi connectivity index (χ0) is 17.8. The van der Waals surface area contributed by atoms with Gasteiger partial charge in [-0.2, -0.15) is 22.0 Å². The van der Waals surface area contributed by atoms with Gasteiger partial charge in [0.1, 0.15) is 0 Å². The highest BCUT2D eigenvalue weighted by Crippen LogP contribution is 2.37. The summed E-state index contributed by atoms with van der Waals surface area (Å²) in [6.07, 6.45) is -3.80. The predicted molar refractivity (Wildman–Crippen MR) is 79.8 cm³/mol. The number of carbonyl (C=O) groups is 1. The molecule has 0 fully saturated rings. The van der Waals surface area contributed by atoms with Crippen LogP contribution in [0.5, 0.6) is 0 Å². The lowest BCUT2D eigenvalue weighted by atomic mass is 10.1. The zero-order valence-electron chi connectivity index (χ0n) is 13.0. The molecule has 0 radical (unpaired) electrons. The molecule has 1 amide bonds. The standard InChI is InChI=1S/C15H18F5NOS/c1-4-21(13(22)14(16,17)15(18,19)20)10(2)9-11-5-7-12(23-3)8-6-11/h5-8,10H,4,9H2,1-3H3. The number of thioether (sulfide) groups is 1. The normalized spacial score (nSPS) is 13.7. The maximum Gasteiger partial charge on any atom is 0.463 e. The van der Waals surface area contributed by atoms with E-state index in [1.807, 2.05) is 18.4 Å². The van der Waals surface area contributed by atoms with Gasteiger partial charge in [0, 0.05) is 17.5 Å². The monoisotopic (exact) mass is 355 g/mol. The lowest BCUT2D eigenvalue weighted by molar-refractivity contribution is -0.275. The van der Waals surface area contributed by atoms with Crippen LogP contribution in [0.15, 0.2) is 29.2 Å². The average Bonchev–Trinajstić information content (AvgIpc) is 2.47. The molecule has 0 aliphatic carbocycles. The molecule has 0 aliphatic heterocycles. The van der Waals surface area contributed by atoms with Gasteiger partial charge in [-0.05, 0) is 44.2 Å². The van der Waals surface area contributed by atoms with Gasteiger partial charge < -0.3 is 4.90 Å². The van der Waals surface area contributed by atoms with E-state index < -0.39 is 24.0 Å². The summed E-state index contributed by atoms with van der Waals surface area (Å²) in [5.74, 6) is -7.58. The molecular weight excluding hydrogens is 337 g/mol. The molecule has 23 heavy (non-hydrogen) atoms. The summed E-state index contributed by atoms with van der Waals surface area (Å²) in [6, 6.07) is 6.41. The summed E-state index contributed by atoms with van der Waals surface area (Å²) >= 11 is 1.53. The fraction of sp³-hybridized carbons (Fsp3) is 0.533. The van der Waals surface area contributed by atoms with Crippen LogP contribution in [0.1, 0.15) is 19.4 Å². The third-order valence-electron chi connectivity index (χ3n) is 3.45. The van der Waals surface area contributed by atoms with Crippen molar-refractivity contribution >= 4 is 17.7 Å². The lowest BCUT2D eigenvalue weighted by Crippen LogP contribution is -2.54. The Morgan fingerprint density at radius 3 is 2.09 bits per heavy atom. The van der Waals surface area contributed by atoms with Crippen LogP contribution < -0.4 is 0 Å². The van der Waals surface area contributed by atoms with Crippen molar-refractivity contribution in [2.24, 2.45) is 0 Å². The van der Waals surface area contributed by atoms with Crippen LogP contribution in [0.25, 0.3) is 0 Å². The fourth-order valence-electron chi connectivity index (χ4n) is 2.17. The van der Waals surface area contributed by atoms with E-state index in [0.717, 1.165) is 10.5 Å². The van der Waals surface area contributed by atoms with Crippen molar-refractivity contribution in [3.05, 3.63) is 29.8 Å². The Bertz CT molecular complexity index is 530. The summed E-state index contributed by atoms with van der Waals surface area (Å²) in [6.45, 7) is 2.60. The molecule has 0 aromatic heterocycles. The third-order valence-corrected chi connectivity index (χ3v) is 4.19. The quantitative estimate of drug-likeness (QED) is 0.557. The number of hydrogen-bond donors (Lipinski definition) is 0. The third kappa shape index (κ3) is 4.59. The largest absolute Gasteiger partial charge is 0.463 e. The lowest BCUT2D eigenvalue weighted by Gasteiger charge is -2.32. The summed E-state index contributed by atoms with van der Waals surface area (Å²) in [5, 5.41) is 0. The molecule has 8 heteroatoms. The minimum Gasteiger partial charge on any atom is -0.334 e. The van der Waals surface area contributed by atoms with E-state index in [4.69, 9.17) is 0 Å². The van der Waals surface area contributed by atoms with Crippen LogP contribution in [0.3, 0.4) is 0 Å². The molecule has 130 valence electrons. The van der Waals surface area contributed by atoms with Gasteiger partial charge in [-0.3, -0.25) is 4.79 Å². The van der Waals surface area contributed by atoms with E-state index in [2.05, 4.69) is 0 Å². The van der Waals surface area contributed by atoms with Crippen molar-refractivity contribution in [2.45, 2.75) is 43.3 Å². The summed E-state index contributed by atoms with van der Waals surface area (Å²) in [5.41, 5.74) is 0.761. The predicted octanol–water partition coefficient (Wildman–Crippen LogP) is 4.39. The molecule has 1 rings (SSSR count). The number of benzene rings is 1. The van der Waals surface area contributed by atoms with Gasteiger partial charge in [0.15, 0.2) is 0 Å². The first kappa shape index (κ1) is 19.7. The number of alkyl halides is 5. The average molecular weight is 355 g/mol. The minimum atomic E-state index is -5.89. The Labute approximate surface area is 136 Å². The maximum atomic E-state index is 13.2. The number of halogens is 5. The number of rotatable bonds is 6. The first-order valence-corrected chi connectivity index (χ1v) is 8.15. The number of carbonyl (C=O) groups excluding carboxylic acids is 1. The molecule has 2 nitrogen and oxygen atoms in total. The van der Waals surface area contributed by atoms with Gasteiger partial charge in [0.2, 0.25) is 0 Å². The Morgan fingerprint density at radius 2 is 1.70 bits per heavy atom. The highest BCUT2D eigenvalue weighted by Gasteiger charge is 2.64. The first-order valence-electron chi connectivity index (χ1n) is 6.93. The van der Waals surface area contributed by atoms with Gasteiger partial charge in [-0.25, -0.2) is 0 Å². The van der Waals surface area contributed by atoms with Gasteiger partial charge in [-0.15, -0.1) is 11.8 Å². The van der Waals surface area contributed by atoms with Crippen LogP contribution in [0, 0.1) is 0 Å². The highest BCUT2D eigenvalue weighted by atomic mass is 32.2. The molecule has 0 bridgehead atoms. The molecule has 1 aromatic carbocycles. The second kappa shape index (κ2) is 7.51. The molecule has 0 saturated carbocycles. The molecular formula is C15H18F5NOS. The van der Waals surface area contributed by atoms with Crippen LogP contribution in [0.4, 0.5) is 22.0 Å². The molecule has 1 unspecified atom stereocenters. The van der Waals surface area contributed by atoms with Crippen molar-refractivity contribution < 1.29 is 26.7 Å². The highest BCUT2D eigenvalue weighted by molar-refractivity contribution is 7.98. The zero-order valence-corrected chi connectivity index (χ0v) is 13.8. The maximum absolute atomic E-state index is 13.2. The van der Waals surface area contributed by atoms with Gasteiger partial charge in [0.25, 0.3) is 0 Å². The van der Waals surface area contributed by atoms with E-state index in [0.29, 0.717) is 4.90 Å². The van der Waals surface area contributed by atoms with Crippen LogP contribution in [-0.2, 0) is 11.2 Å². The number of likely N-dealkylation sites (N-methyl/N-ethyl adjacent to an activating group) is 1. The van der Waals surface area contributed by atoms with Gasteiger partial charge in [0.05, 0.1) is 0 Å². The summed E-state index contributed by atoms with van der Waals surface area (Å²) in [4.78, 5) is 13.2. The summed E-state index contributed by atoms with van der Waals surface area (Å²) in [7, 11) is 0. The second-order valence-corrected chi connectivity index (χ2v) is 5.94. The first-order chi connectivity index (χ1) is 10.5. The van der Waals surface area contributed by atoms with Crippen molar-refractivity contribution in [3.63, 3.8) is 0 Å². The second-order valence-electron chi connectivity index (χ2n) is 5.06. The Morgan fingerprint density at radius 1 is 1.17 bits per heavy atom. The molecule has 0 aliphatic rings. The fourth-order valence-corrected chi connectivity index (χ4v) is 2.58. The molecule has 1 atom stereocenters. The van der Waals surface area contributed by atoms with Crippen molar-refractivity contribution in [1.29, 1.82) is 0 Å². The minimum absolute atomic E-state index is 0.197. The van der Waals surface area contributed by atoms with Crippen LogP contribution >= 0.6 is 11.8 Å². The van der Waals surface area contributed by atoms with E-state index >= 15 is 0 Å². The Balaban J connectivity index is 2.89. The van der Waals surface area contributed by atoms with Crippen LogP contribution in [-0.4, -0.2) is 41.7 Å². The van der Waals surface area contributed by atoms with Crippen molar-refractivity contribution in [1.82, 2.24) is 4.90 Å². The smallest absolute Gasteiger partial charge is 0.334 e. The SMILES string of the molecule is CCN(C(=O)C(F)(F)C(F)(F)F)C(C)Cc1ccc(SC)cc1. The Hall–Kier alpha value is -1.31. The number of nitrogens with zero attached hydrogens (tertiary/aromatic N) is 1. The van der Waals surface area contributed by atoms with Gasteiger partial charge >= 0.3 is 18.0 Å². The van der Waals surface area contributed by atoms with Crippen molar-refractivity contribution in [2.75, 3.05) is 12.8 Å². The molecule has 1 aromatic rings. The summed E-state index contributed by atoms with van der Waals surface area (Å²) < 4.78 is 63.5. The van der Waals surface area contributed by atoms with E-state index in [1.54, 1.807) is 12.1 Å². The van der Waals surface area contributed by atoms with Crippen molar-refractivity contribution in [3.8, 4) is 0 Å². The molecule has 0 N–H and O–H groups in total. The number of hydrogen-bond acceptors (Lipinski definition) is 2.